The number of aromatic nitrogens is 2. The Kier molecular flexibility index (Phi) is 6.52. The fourth-order valence-corrected chi connectivity index (χ4v) is 3.20. The van der Waals surface area contributed by atoms with Gasteiger partial charge in [0.1, 0.15) is 5.56 Å². The van der Waals surface area contributed by atoms with Gasteiger partial charge in [-0.1, -0.05) is 18.2 Å². The number of nitrogens with zero attached hydrogens (tertiary/aromatic N) is 4. The molecule has 3 aromatic carbocycles. The molecule has 4 rings (SSSR count). The van der Waals surface area contributed by atoms with Crippen LogP contribution in [0, 0.1) is 22.7 Å². The van der Waals surface area contributed by atoms with E-state index in [0.717, 1.165) is 11.1 Å². The summed E-state index contributed by atoms with van der Waals surface area (Å²) in [5.74, 6) is 0.0898. The number of nitrogens with one attached hydrogen (secondary N) is 1. The topological polar surface area (TPSA) is 147 Å². The van der Waals surface area contributed by atoms with Gasteiger partial charge in [0.15, 0.2) is 11.5 Å². The second-order valence-electron chi connectivity index (χ2n) is 7.25. The second-order valence-corrected chi connectivity index (χ2v) is 7.25. The molecule has 1 aromatic heterocycles. The van der Waals surface area contributed by atoms with Gasteiger partial charge < -0.3 is 20.5 Å². The van der Waals surface area contributed by atoms with Gasteiger partial charge in [-0.3, -0.25) is 4.79 Å². The van der Waals surface area contributed by atoms with E-state index in [9.17, 15) is 4.79 Å². The molecule has 0 aliphatic rings. The van der Waals surface area contributed by atoms with Gasteiger partial charge in [-0.2, -0.15) is 15.5 Å². The molecule has 0 fully saturated rings. The summed E-state index contributed by atoms with van der Waals surface area (Å²) in [6, 6.07) is 23.3. The van der Waals surface area contributed by atoms with E-state index in [4.69, 9.17) is 25.7 Å². The van der Waals surface area contributed by atoms with E-state index < -0.39 is 5.91 Å². The normalized spacial score (nSPS) is 10.0. The molecular formula is C26H18N6O3. The largest absolute Gasteiger partial charge is 0.493 e. The number of ether oxygens (including phenoxy) is 2. The van der Waals surface area contributed by atoms with Gasteiger partial charge in [0, 0.05) is 11.9 Å². The lowest BCUT2D eigenvalue weighted by atomic mass is 10.0. The Morgan fingerprint density at radius 2 is 1.54 bits per heavy atom. The lowest BCUT2D eigenvalue weighted by molar-refractivity contribution is 0.0997. The van der Waals surface area contributed by atoms with Crippen molar-refractivity contribution >= 4 is 17.5 Å². The van der Waals surface area contributed by atoms with E-state index in [2.05, 4.69) is 21.4 Å². The van der Waals surface area contributed by atoms with Crippen LogP contribution in [-0.2, 0) is 0 Å². The van der Waals surface area contributed by atoms with Crippen molar-refractivity contribution in [2.45, 2.75) is 0 Å². The van der Waals surface area contributed by atoms with Crippen LogP contribution < -0.4 is 20.5 Å². The zero-order valence-electron chi connectivity index (χ0n) is 18.5. The van der Waals surface area contributed by atoms with Gasteiger partial charge in [0.05, 0.1) is 30.4 Å². The molecular weight excluding hydrogens is 444 g/mol. The third-order valence-electron chi connectivity index (χ3n) is 5.01. The van der Waals surface area contributed by atoms with Gasteiger partial charge in [0.2, 0.25) is 11.8 Å². The molecule has 0 aliphatic carbocycles. The van der Waals surface area contributed by atoms with E-state index in [0.29, 0.717) is 28.3 Å². The summed E-state index contributed by atoms with van der Waals surface area (Å²) in [5, 5.41) is 20.9. The first-order valence-electron chi connectivity index (χ1n) is 10.3. The summed E-state index contributed by atoms with van der Waals surface area (Å²) in [4.78, 5) is 20.4. The van der Waals surface area contributed by atoms with Gasteiger partial charge in [-0.15, -0.1) is 0 Å². The van der Waals surface area contributed by atoms with Crippen molar-refractivity contribution in [3.05, 3.63) is 89.6 Å². The lowest BCUT2D eigenvalue weighted by Gasteiger charge is -2.14. The highest BCUT2D eigenvalue weighted by Crippen LogP contribution is 2.36. The zero-order valence-corrected chi connectivity index (χ0v) is 18.5. The van der Waals surface area contributed by atoms with Crippen LogP contribution in [0.4, 0.5) is 11.6 Å². The molecule has 0 atom stereocenters. The number of rotatable bonds is 7. The Morgan fingerprint density at radius 1 is 0.914 bits per heavy atom. The minimum absolute atomic E-state index is 0.00593. The summed E-state index contributed by atoms with van der Waals surface area (Å²) in [5.41, 5.74) is 8.95. The molecule has 1 amide bonds. The number of carbonyl (C=O) groups is 1. The van der Waals surface area contributed by atoms with E-state index in [-0.39, 0.29) is 17.4 Å². The smallest absolute Gasteiger partial charge is 0.255 e. The molecule has 35 heavy (non-hydrogen) atoms. The average molecular weight is 462 g/mol. The minimum Gasteiger partial charge on any atom is -0.493 e. The summed E-state index contributed by atoms with van der Waals surface area (Å²) in [6.07, 6.45) is 1.27. The summed E-state index contributed by atoms with van der Waals surface area (Å²) in [7, 11) is 1.50. The molecule has 3 N–H and O–H groups in total. The molecule has 0 bridgehead atoms. The maximum Gasteiger partial charge on any atom is 0.255 e. The van der Waals surface area contributed by atoms with Gasteiger partial charge in [-0.25, -0.2) is 4.98 Å². The second kappa shape index (κ2) is 10.0. The zero-order chi connectivity index (χ0) is 24.8. The SMILES string of the molecule is COc1cc(-c2ccc(C#N)cc2)ccc1Oc1nc(Nc2ccc(C#N)cc2)ncc1C(N)=O. The van der Waals surface area contributed by atoms with Gasteiger partial charge >= 0.3 is 0 Å². The number of methoxy groups -OCH3 is 1. The van der Waals surface area contributed by atoms with Crippen molar-refractivity contribution in [1.82, 2.24) is 9.97 Å². The molecule has 9 heteroatoms. The summed E-state index contributed by atoms with van der Waals surface area (Å²) < 4.78 is 11.4. The molecule has 4 aromatic rings. The molecule has 170 valence electrons. The molecule has 0 aliphatic heterocycles. The first-order valence-corrected chi connectivity index (χ1v) is 10.3. The van der Waals surface area contributed by atoms with E-state index >= 15 is 0 Å². The van der Waals surface area contributed by atoms with Crippen LogP contribution >= 0.6 is 0 Å². The van der Waals surface area contributed by atoms with Crippen LogP contribution in [0.25, 0.3) is 11.1 Å². The number of hydrogen-bond acceptors (Lipinski definition) is 8. The minimum atomic E-state index is -0.752. The van der Waals surface area contributed by atoms with Gasteiger partial charge in [0.25, 0.3) is 5.91 Å². The Morgan fingerprint density at radius 3 is 2.14 bits per heavy atom. The Bertz CT molecular complexity index is 1470. The molecule has 0 radical (unpaired) electrons. The number of nitrogens with two attached hydrogens (primary N) is 1. The molecule has 0 spiro atoms. The van der Waals surface area contributed by atoms with Crippen LogP contribution in [0.3, 0.4) is 0 Å². The van der Waals surface area contributed by atoms with Crippen molar-refractivity contribution in [1.29, 1.82) is 10.5 Å². The van der Waals surface area contributed by atoms with E-state index in [1.165, 1.54) is 13.3 Å². The van der Waals surface area contributed by atoms with E-state index in [1.807, 2.05) is 24.3 Å². The molecule has 0 unspecified atom stereocenters. The fraction of sp³-hybridized carbons (Fsp3) is 0.0385. The number of primary amides is 1. The highest BCUT2D eigenvalue weighted by atomic mass is 16.5. The van der Waals surface area contributed by atoms with Crippen LogP contribution in [0.15, 0.2) is 72.9 Å². The Labute approximate surface area is 201 Å². The van der Waals surface area contributed by atoms with Crippen LogP contribution in [0.1, 0.15) is 21.5 Å². The Hall–Kier alpha value is -5.41. The fourth-order valence-electron chi connectivity index (χ4n) is 3.20. The Balaban J connectivity index is 1.64. The number of nitriles is 2. The van der Waals surface area contributed by atoms with Crippen molar-refractivity contribution in [3.63, 3.8) is 0 Å². The molecule has 1 heterocycles. The van der Waals surface area contributed by atoms with Gasteiger partial charge in [-0.05, 0) is 59.7 Å². The monoisotopic (exact) mass is 462 g/mol. The number of carbonyl (C=O) groups excluding carboxylic acids is 1. The molecule has 0 saturated carbocycles. The van der Waals surface area contributed by atoms with Crippen molar-refractivity contribution in [2.24, 2.45) is 5.73 Å². The lowest BCUT2D eigenvalue weighted by Crippen LogP contribution is -2.14. The summed E-state index contributed by atoms with van der Waals surface area (Å²) >= 11 is 0. The van der Waals surface area contributed by atoms with E-state index in [1.54, 1.807) is 48.5 Å². The van der Waals surface area contributed by atoms with Crippen LogP contribution in [0.5, 0.6) is 17.4 Å². The average Bonchev–Trinajstić information content (AvgIpc) is 2.89. The van der Waals surface area contributed by atoms with Crippen LogP contribution in [0.2, 0.25) is 0 Å². The number of hydrogen-bond donors (Lipinski definition) is 2. The first kappa shape index (κ1) is 22.8. The standard InChI is InChI=1S/C26H18N6O3/c1-34-23-12-19(18-6-2-16(13-27)3-7-18)8-11-22(23)35-25-21(24(29)33)15-30-26(32-25)31-20-9-4-17(14-28)5-10-20/h2-12,15H,1H3,(H2,29,33)(H,30,31,32). The van der Waals surface area contributed by atoms with Crippen molar-refractivity contribution in [2.75, 3.05) is 12.4 Å². The maximum atomic E-state index is 12.0. The predicted molar refractivity (Wildman–Crippen MR) is 128 cm³/mol. The van der Waals surface area contributed by atoms with Crippen molar-refractivity contribution in [3.8, 4) is 40.6 Å². The highest BCUT2D eigenvalue weighted by molar-refractivity contribution is 5.95. The van der Waals surface area contributed by atoms with Crippen molar-refractivity contribution < 1.29 is 14.3 Å². The number of amides is 1. The first-order chi connectivity index (χ1) is 17.0. The third kappa shape index (κ3) is 5.16. The summed E-state index contributed by atoms with van der Waals surface area (Å²) in [6.45, 7) is 0. The number of anilines is 2. The number of benzene rings is 3. The van der Waals surface area contributed by atoms with Crippen LogP contribution in [-0.4, -0.2) is 23.0 Å². The quantitative estimate of drug-likeness (QED) is 0.407. The highest BCUT2D eigenvalue weighted by Gasteiger charge is 2.17. The molecule has 9 nitrogen and oxygen atoms in total. The maximum absolute atomic E-state index is 12.0. The third-order valence-corrected chi connectivity index (χ3v) is 5.01. The predicted octanol–water partition coefficient (Wildman–Crippen LogP) is 4.53. The molecule has 0 saturated heterocycles.